The molecule has 0 saturated heterocycles. The van der Waals surface area contributed by atoms with Crippen LogP contribution in [-0.2, 0) is 0 Å². The van der Waals surface area contributed by atoms with Crippen molar-refractivity contribution in [3.63, 3.8) is 0 Å². The maximum atomic E-state index is 12.7. The fourth-order valence-corrected chi connectivity index (χ4v) is 3.37. The van der Waals surface area contributed by atoms with Crippen LogP contribution >= 0.6 is 11.6 Å². The summed E-state index contributed by atoms with van der Waals surface area (Å²) in [6.07, 6.45) is 2.84. The van der Waals surface area contributed by atoms with Crippen LogP contribution in [0, 0.1) is 0 Å². The van der Waals surface area contributed by atoms with Crippen LogP contribution in [0.1, 0.15) is 34.8 Å². The molecule has 2 aromatic carbocycles. The number of aliphatic hydroxyl groups excluding tert-OH is 1. The van der Waals surface area contributed by atoms with Gasteiger partial charge in [0.2, 0.25) is 0 Å². The smallest absolute Gasteiger partial charge is 0.343 e. The van der Waals surface area contributed by atoms with Gasteiger partial charge in [-0.1, -0.05) is 60.1 Å². The number of ether oxygens (including phenoxy) is 1. The molecule has 136 valence electrons. The first-order valence-electron chi connectivity index (χ1n) is 8.61. The van der Waals surface area contributed by atoms with Crippen LogP contribution in [0.2, 0.25) is 5.02 Å². The number of rotatable bonds is 3. The zero-order chi connectivity index (χ0) is 18.8. The molecule has 1 N–H and O–H groups in total. The molecule has 0 fully saturated rings. The minimum atomic E-state index is -0.995. The molecule has 1 unspecified atom stereocenters. The number of fused-ring (bicyclic) bond motifs is 1. The van der Waals surface area contributed by atoms with Gasteiger partial charge < -0.3 is 14.3 Å². The summed E-state index contributed by atoms with van der Waals surface area (Å²) in [5.74, 6) is 0.397. The topological polar surface area (TPSA) is 59.7 Å². The van der Waals surface area contributed by atoms with Crippen molar-refractivity contribution < 1.29 is 14.3 Å². The molecule has 27 heavy (non-hydrogen) atoms. The molecule has 4 rings (SSSR count). The van der Waals surface area contributed by atoms with Crippen molar-refractivity contribution in [1.29, 1.82) is 0 Å². The Morgan fingerprint density at radius 1 is 1.04 bits per heavy atom. The summed E-state index contributed by atoms with van der Waals surface area (Å²) in [5.41, 5.74) is 1.81. The molecule has 0 radical (unpaired) electrons. The highest BCUT2D eigenvalue weighted by Crippen LogP contribution is 2.38. The maximum Gasteiger partial charge on any atom is 0.343 e. The van der Waals surface area contributed by atoms with Crippen molar-refractivity contribution >= 4 is 23.8 Å². The molecule has 1 aliphatic rings. The lowest BCUT2D eigenvalue weighted by atomic mass is 9.87. The average molecular weight is 381 g/mol. The summed E-state index contributed by atoms with van der Waals surface area (Å²) in [5, 5.41) is 10.7. The van der Waals surface area contributed by atoms with Gasteiger partial charge >= 0.3 is 5.63 Å². The second-order valence-electron chi connectivity index (χ2n) is 6.37. The Bertz CT molecular complexity index is 1020. The van der Waals surface area contributed by atoms with Crippen molar-refractivity contribution in [2.75, 3.05) is 0 Å². The summed E-state index contributed by atoms with van der Waals surface area (Å²) in [6.45, 7) is 0. The fourth-order valence-electron chi connectivity index (χ4n) is 3.25. The third-order valence-corrected chi connectivity index (χ3v) is 4.78. The first kappa shape index (κ1) is 17.6. The quantitative estimate of drug-likeness (QED) is 0.715. The Balaban J connectivity index is 1.72. The van der Waals surface area contributed by atoms with Crippen LogP contribution in [0.3, 0.4) is 0 Å². The van der Waals surface area contributed by atoms with Gasteiger partial charge in [0.05, 0.1) is 5.56 Å². The van der Waals surface area contributed by atoms with E-state index < -0.39 is 11.9 Å². The Hall–Kier alpha value is -2.82. The Morgan fingerprint density at radius 2 is 1.78 bits per heavy atom. The van der Waals surface area contributed by atoms with E-state index in [4.69, 9.17) is 20.8 Å². The lowest BCUT2D eigenvalue weighted by Gasteiger charge is -2.28. The van der Waals surface area contributed by atoms with Gasteiger partial charge in [0, 0.05) is 23.4 Å². The van der Waals surface area contributed by atoms with Crippen molar-refractivity contribution in [1.82, 2.24) is 0 Å². The van der Waals surface area contributed by atoms with E-state index >= 15 is 0 Å². The molecule has 1 aliphatic heterocycles. The van der Waals surface area contributed by atoms with E-state index in [1.807, 2.05) is 48.5 Å². The monoisotopic (exact) mass is 380 g/mol. The van der Waals surface area contributed by atoms with E-state index in [0.717, 1.165) is 11.1 Å². The van der Waals surface area contributed by atoms with Crippen LogP contribution < -0.4 is 10.4 Å². The number of hydrogen-bond donors (Lipinski definition) is 1. The summed E-state index contributed by atoms with van der Waals surface area (Å²) < 4.78 is 11.0. The van der Waals surface area contributed by atoms with Gasteiger partial charge in [0.15, 0.2) is 6.29 Å². The Morgan fingerprint density at radius 3 is 2.52 bits per heavy atom. The predicted molar refractivity (Wildman–Crippen MR) is 105 cm³/mol. The number of aliphatic hydroxyl groups is 1. The van der Waals surface area contributed by atoms with Gasteiger partial charge in [-0.2, -0.15) is 0 Å². The highest BCUT2D eigenvalue weighted by atomic mass is 35.5. The average Bonchev–Trinajstić information content (AvgIpc) is 2.67. The van der Waals surface area contributed by atoms with E-state index in [1.54, 1.807) is 24.3 Å². The molecule has 0 amide bonds. The number of benzene rings is 2. The second kappa shape index (κ2) is 7.43. The van der Waals surface area contributed by atoms with Crippen molar-refractivity contribution in [3.8, 4) is 5.75 Å². The fraction of sp³-hybridized carbons (Fsp3) is 0.136. The summed E-state index contributed by atoms with van der Waals surface area (Å²) in [7, 11) is 0. The van der Waals surface area contributed by atoms with E-state index in [2.05, 4.69) is 0 Å². The van der Waals surface area contributed by atoms with Crippen molar-refractivity contribution in [3.05, 3.63) is 98.6 Å². The molecule has 0 aliphatic carbocycles. The summed E-state index contributed by atoms with van der Waals surface area (Å²) >= 11 is 5.95. The highest BCUT2D eigenvalue weighted by molar-refractivity contribution is 6.30. The van der Waals surface area contributed by atoms with Gasteiger partial charge in [0.1, 0.15) is 11.5 Å². The molecule has 3 aromatic rings. The van der Waals surface area contributed by atoms with Gasteiger partial charge in [-0.05, 0) is 29.3 Å². The van der Waals surface area contributed by atoms with E-state index in [9.17, 15) is 9.90 Å². The molecular weight excluding hydrogens is 364 g/mol. The third kappa shape index (κ3) is 3.82. The zero-order valence-electron chi connectivity index (χ0n) is 14.3. The van der Waals surface area contributed by atoms with Gasteiger partial charge in [0.25, 0.3) is 0 Å². The lowest BCUT2D eigenvalue weighted by molar-refractivity contribution is -0.0369. The van der Waals surface area contributed by atoms with E-state index in [-0.39, 0.29) is 12.3 Å². The van der Waals surface area contributed by atoms with Gasteiger partial charge in [-0.15, -0.1) is 0 Å². The Labute approximate surface area is 161 Å². The summed E-state index contributed by atoms with van der Waals surface area (Å²) in [4.78, 5) is 12.7. The first-order chi connectivity index (χ1) is 13.1. The molecule has 2 heterocycles. The SMILES string of the molecule is O=c1oc(/C=C/c2ccccc2)cc2c1[C@H](c1ccc(Cl)cc1)CC(O)O2. The third-order valence-electron chi connectivity index (χ3n) is 4.53. The minimum Gasteiger partial charge on any atom is -0.464 e. The first-order valence-corrected chi connectivity index (χ1v) is 8.99. The Kier molecular flexibility index (Phi) is 4.84. The number of hydrogen-bond acceptors (Lipinski definition) is 4. The van der Waals surface area contributed by atoms with Crippen LogP contribution in [0.25, 0.3) is 12.2 Å². The molecule has 0 bridgehead atoms. The maximum absolute atomic E-state index is 12.7. The van der Waals surface area contributed by atoms with Gasteiger partial charge in [-0.3, -0.25) is 0 Å². The minimum absolute atomic E-state index is 0.276. The molecule has 5 heteroatoms. The molecular formula is C22H17ClO4. The zero-order valence-corrected chi connectivity index (χ0v) is 15.1. The van der Waals surface area contributed by atoms with Crippen molar-refractivity contribution in [2.24, 2.45) is 0 Å². The largest absolute Gasteiger partial charge is 0.464 e. The van der Waals surface area contributed by atoms with Crippen LogP contribution in [0.4, 0.5) is 0 Å². The summed E-state index contributed by atoms with van der Waals surface area (Å²) in [6, 6.07) is 18.5. The van der Waals surface area contributed by atoms with Gasteiger partial charge in [-0.25, -0.2) is 4.79 Å². The van der Waals surface area contributed by atoms with Crippen molar-refractivity contribution in [2.45, 2.75) is 18.6 Å². The number of halogens is 1. The molecule has 4 nitrogen and oxygen atoms in total. The standard InChI is InChI=1S/C22H17ClO4/c23-16-9-7-15(8-10-16)18-13-20(24)27-19-12-17(26-22(25)21(18)19)11-6-14-4-2-1-3-5-14/h1-12,18,20,24H,13H2/b11-6+/t18-,20?/m0/s1. The highest BCUT2D eigenvalue weighted by Gasteiger charge is 2.32. The van der Waals surface area contributed by atoms with E-state index in [0.29, 0.717) is 22.1 Å². The molecule has 2 atom stereocenters. The van der Waals surface area contributed by atoms with Crippen LogP contribution in [0.15, 0.2) is 69.9 Å². The van der Waals surface area contributed by atoms with Crippen LogP contribution in [-0.4, -0.2) is 11.4 Å². The molecule has 0 spiro atoms. The van der Waals surface area contributed by atoms with Crippen LogP contribution in [0.5, 0.6) is 5.75 Å². The molecule has 0 saturated carbocycles. The predicted octanol–water partition coefficient (Wildman–Crippen LogP) is 4.70. The second-order valence-corrected chi connectivity index (χ2v) is 6.81. The lowest BCUT2D eigenvalue weighted by Crippen LogP contribution is -2.30. The normalized spacial score (nSPS) is 18.9. The van der Waals surface area contributed by atoms with E-state index in [1.165, 1.54) is 0 Å². The molecule has 1 aromatic heterocycles.